The zero-order chi connectivity index (χ0) is 12.5. The zero-order valence-electron chi connectivity index (χ0n) is 9.93. The van der Waals surface area contributed by atoms with Crippen LogP contribution in [0.3, 0.4) is 0 Å². The van der Waals surface area contributed by atoms with Crippen LogP contribution in [-0.4, -0.2) is 12.1 Å². The highest BCUT2D eigenvalue weighted by molar-refractivity contribution is 5.90. The fourth-order valence-corrected chi connectivity index (χ4v) is 1.42. The molecule has 0 aliphatic rings. The highest BCUT2D eigenvalue weighted by atomic mass is 16.1. The molecule has 1 rings (SSSR count). The van der Waals surface area contributed by atoms with Gasteiger partial charge in [0, 0.05) is 24.7 Å². The number of rotatable bonds is 7. The van der Waals surface area contributed by atoms with Crippen molar-refractivity contribution >= 4 is 17.8 Å². The summed E-state index contributed by atoms with van der Waals surface area (Å²) in [5, 5.41) is 3.01. The topological polar surface area (TPSA) is 46.2 Å². The van der Waals surface area contributed by atoms with E-state index in [1.165, 1.54) is 6.08 Å². The van der Waals surface area contributed by atoms with E-state index in [-0.39, 0.29) is 11.7 Å². The van der Waals surface area contributed by atoms with Crippen LogP contribution in [0.25, 0.3) is 0 Å². The number of anilines is 1. The summed E-state index contributed by atoms with van der Waals surface area (Å²) in [5.74, 6) is 0.143. The van der Waals surface area contributed by atoms with Gasteiger partial charge in [-0.1, -0.05) is 25.1 Å². The average Bonchev–Trinajstić information content (AvgIpc) is 2.30. The first-order valence-corrected chi connectivity index (χ1v) is 5.67. The van der Waals surface area contributed by atoms with Crippen molar-refractivity contribution in [2.24, 2.45) is 5.92 Å². The second-order valence-corrected chi connectivity index (χ2v) is 4.02. The van der Waals surface area contributed by atoms with Gasteiger partial charge in [0.15, 0.2) is 5.78 Å². The van der Waals surface area contributed by atoms with E-state index in [1.807, 2.05) is 37.3 Å². The number of carbonyl (C=O) groups excluding carboxylic acids is 2. The normalized spacial score (nSPS) is 12.3. The third-order valence-corrected chi connectivity index (χ3v) is 2.34. The first kappa shape index (κ1) is 13.2. The van der Waals surface area contributed by atoms with Crippen molar-refractivity contribution in [3.8, 4) is 0 Å². The van der Waals surface area contributed by atoms with Gasteiger partial charge in [-0.3, -0.25) is 4.79 Å². The van der Waals surface area contributed by atoms with Crippen LogP contribution in [0.15, 0.2) is 42.6 Å². The van der Waals surface area contributed by atoms with E-state index in [1.54, 1.807) is 6.20 Å². The van der Waals surface area contributed by atoms with E-state index in [0.29, 0.717) is 12.8 Å². The molecular weight excluding hydrogens is 214 g/mol. The summed E-state index contributed by atoms with van der Waals surface area (Å²) in [6.45, 7) is 1.89. The molecule has 1 atom stereocenters. The minimum absolute atomic E-state index is 0.0304. The van der Waals surface area contributed by atoms with E-state index >= 15 is 0 Å². The molecule has 17 heavy (non-hydrogen) atoms. The summed E-state index contributed by atoms with van der Waals surface area (Å²) in [6, 6.07) is 9.61. The highest BCUT2D eigenvalue weighted by Crippen LogP contribution is 2.07. The van der Waals surface area contributed by atoms with Gasteiger partial charge in [0.1, 0.15) is 6.29 Å². The number of hydrogen-bond donors (Lipinski definition) is 1. The second-order valence-electron chi connectivity index (χ2n) is 4.02. The van der Waals surface area contributed by atoms with Gasteiger partial charge in [0.25, 0.3) is 0 Å². The molecule has 0 radical (unpaired) electrons. The summed E-state index contributed by atoms with van der Waals surface area (Å²) in [5.41, 5.74) is 0.942. The molecule has 1 N–H and O–H groups in total. The van der Waals surface area contributed by atoms with Crippen molar-refractivity contribution < 1.29 is 9.59 Å². The van der Waals surface area contributed by atoms with Crippen molar-refractivity contribution in [3.05, 3.63) is 42.6 Å². The number of benzene rings is 1. The first-order valence-electron chi connectivity index (χ1n) is 5.67. The number of nitrogens with one attached hydrogen (secondary N) is 1. The molecule has 0 aliphatic heterocycles. The third kappa shape index (κ3) is 5.66. The largest absolute Gasteiger partial charge is 0.362 e. The van der Waals surface area contributed by atoms with Gasteiger partial charge in [0.2, 0.25) is 0 Å². The van der Waals surface area contributed by atoms with Gasteiger partial charge < -0.3 is 10.1 Å². The number of allylic oxidation sites excluding steroid dienone is 1. The third-order valence-electron chi connectivity index (χ3n) is 2.34. The number of aldehydes is 1. The van der Waals surface area contributed by atoms with Crippen LogP contribution in [0.1, 0.15) is 19.8 Å². The lowest BCUT2D eigenvalue weighted by atomic mass is 10.0. The monoisotopic (exact) mass is 231 g/mol. The smallest absolute Gasteiger partial charge is 0.157 e. The van der Waals surface area contributed by atoms with E-state index < -0.39 is 0 Å². The SMILES string of the molecule is CC(CC=O)CC(=O)/C=C/Nc1ccccc1. The molecule has 0 fully saturated rings. The maximum absolute atomic E-state index is 11.5. The molecule has 0 bridgehead atoms. The zero-order valence-corrected chi connectivity index (χ0v) is 9.93. The van der Waals surface area contributed by atoms with Gasteiger partial charge in [-0.15, -0.1) is 0 Å². The van der Waals surface area contributed by atoms with Gasteiger partial charge in [-0.2, -0.15) is 0 Å². The molecular formula is C14H17NO2. The summed E-state index contributed by atoms with van der Waals surface area (Å²) in [7, 11) is 0. The first-order chi connectivity index (χ1) is 8.22. The van der Waals surface area contributed by atoms with Crippen molar-refractivity contribution in [2.75, 3.05) is 5.32 Å². The quantitative estimate of drug-likeness (QED) is 0.579. The Balaban J connectivity index is 2.33. The molecule has 0 heterocycles. The standard InChI is InChI=1S/C14H17NO2/c1-12(8-10-16)11-14(17)7-9-15-13-5-3-2-4-6-13/h2-7,9-10,12,15H,8,11H2,1H3/b9-7+. The Kier molecular flexibility index (Phi) is 5.72. The Labute approximate surface area is 102 Å². The molecule has 0 aliphatic carbocycles. The summed E-state index contributed by atoms with van der Waals surface area (Å²) < 4.78 is 0. The van der Waals surface area contributed by atoms with Crippen LogP contribution in [0.4, 0.5) is 5.69 Å². The van der Waals surface area contributed by atoms with Crippen molar-refractivity contribution in [3.63, 3.8) is 0 Å². The van der Waals surface area contributed by atoms with Crippen LogP contribution in [0, 0.1) is 5.92 Å². The molecule has 1 aromatic rings. The fraction of sp³-hybridized carbons (Fsp3) is 0.286. The van der Waals surface area contributed by atoms with Crippen LogP contribution in [-0.2, 0) is 9.59 Å². The van der Waals surface area contributed by atoms with Gasteiger partial charge in [-0.25, -0.2) is 0 Å². The molecule has 1 unspecified atom stereocenters. The molecule has 1 aromatic carbocycles. The Morgan fingerprint density at radius 3 is 2.71 bits per heavy atom. The van der Waals surface area contributed by atoms with Gasteiger partial charge in [-0.05, 0) is 24.1 Å². The molecule has 3 heteroatoms. The summed E-state index contributed by atoms with van der Waals surface area (Å²) >= 11 is 0. The van der Waals surface area contributed by atoms with Crippen molar-refractivity contribution in [2.45, 2.75) is 19.8 Å². The Bertz CT molecular complexity index is 384. The van der Waals surface area contributed by atoms with E-state index in [9.17, 15) is 9.59 Å². The Morgan fingerprint density at radius 1 is 1.35 bits per heavy atom. The minimum atomic E-state index is 0.0304. The van der Waals surface area contributed by atoms with E-state index in [4.69, 9.17) is 0 Å². The average molecular weight is 231 g/mol. The molecule has 0 saturated heterocycles. The van der Waals surface area contributed by atoms with Crippen LogP contribution in [0.2, 0.25) is 0 Å². The van der Waals surface area contributed by atoms with Crippen LogP contribution < -0.4 is 5.32 Å². The van der Waals surface area contributed by atoms with Crippen molar-refractivity contribution in [1.82, 2.24) is 0 Å². The summed E-state index contributed by atoms with van der Waals surface area (Å²) in [6.07, 6.45) is 4.83. The van der Waals surface area contributed by atoms with Gasteiger partial charge >= 0.3 is 0 Å². The van der Waals surface area contributed by atoms with Crippen molar-refractivity contribution in [1.29, 1.82) is 0 Å². The lowest BCUT2D eigenvalue weighted by molar-refractivity contribution is -0.115. The van der Waals surface area contributed by atoms with Gasteiger partial charge in [0.05, 0.1) is 0 Å². The molecule has 0 aromatic heterocycles. The predicted octanol–water partition coefficient (Wildman–Crippen LogP) is 2.80. The minimum Gasteiger partial charge on any atom is -0.362 e. The van der Waals surface area contributed by atoms with E-state index in [2.05, 4.69) is 5.32 Å². The number of hydrogen-bond acceptors (Lipinski definition) is 3. The summed E-state index contributed by atoms with van der Waals surface area (Å²) in [4.78, 5) is 21.7. The lowest BCUT2D eigenvalue weighted by Gasteiger charge is -2.03. The predicted molar refractivity (Wildman–Crippen MR) is 68.7 cm³/mol. The number of para-hydroxylation sites is 1. The fourth-order valence-electron chi connectivity index (χ4n) is 1.42. The lowest BCUT2D eigenvalue weighted by Crippen LogP contribution is -2.03. The maximum Gasteiger partial charge on any atom is 0.157 e. The molecule has 0 amide bonds. The Morgan fingerprint density at radius 2 is 2.06 bits per heavy atom. The molecule has 90 valence electrons. The highest BCUT2D eigenvalue weighted by Gasteiger charge is 2.05. The van der Waals surface area contributed by atoms with Crippen LogP contribution >= 0.6 is 0 Å². The Hall–Kier alpha value is -1.90. The van der Waals surface area contributed by atoms with E-state index in [0.717, 1.165) is 12.0 Å². The maximum atomic E-state index is 11.5. The number of ketones is 1. The second kappa shape index (κ2) is 7.39. The molecule has 0 spiro atoms. The number of carbonyl (C=O) groups is 2. The van der Waals surface area contributed by atoms with Crippen LogP contribution in [0.5, 0.6) is 0 Å². The molecule has 3 nitrogen and oxygen atoms in total. The molecule has 0 saturated carbocycles.